The molecule has 7 nitrogen and oxygen atoms in total. The second kappa shape index (κ2) is 10.5. The molecule has 0 aliphatic rings. The molecule has 0 bridgehead atoms. The summed E-state index contributed by atoms with van der Waals surface area (Å²) < 4.78 is 11.2. The van der Waals surface area contributed by atoms with Crippen LogP contribution in [0.4, 0.5) is 4.79 Å². The molecular formula is C23H28N4O3S. The lowest BCUT2D eigenvalue weighted by Gasteiger charge is -2.20. The zero-order valence-corrected chi connectivity index (χ0v) is 18.8. The first kappa shape index (κ1) is 22.8. The van der Waals surface area contributed by atoms with Crippen LogP contribution in [0.3, 0.4) is 0 Å². The molecule has 0 fully saturated rings. The number of hydrogen-bond acceptors (Lipinski definition) is 7. The van der Waals surface area contributed by atoms with Crippen molar-refractivity contribution in [1.29, 1.82) is 0 Å². The summed E-state index contributed by atoms with van der Waals surface area (Å²) in [4.78, 5) is 12.4. The average molecular weight is 441 g/mol. The molecule has 0 aliphatic heterocycles. The number of alkyl carbamates (subject to hydrolysis) is 1. The van der Waals surface area contributed by atoms with E-state index < -0.39 is 17.0 Å². The number of carbonyl (C=O) groups is 1. The summed E-state index contributed by atoms with van der Waals surface area (Å²) >= 11 is 1.48. The molecule has 3 aromatic rings. The van der Waals surface area contributed by atoms with Crippen molar-refractivity contribution >= 4 is 17.9 Å². The molecule has 8 heteroatoms. The molecule has 0 saturated carbocycles. The van der Waals surface area contributed by atoms with Crippen molar-refractivity contribution in [1.82, 2.24) is 15.5 Å². The standard InChI is InChI=1S/C23H28N4O3S/c1-16(2)31-20(25-22(28)29-15-18-12-8-5-9-13-18)19-26-27-21(30-19)23(3,24)14-17-10-6-4-7-11-17/h4-13,16,20H,14-15,24H2,1-3H3,(H,25,28)/t20?,23-/m1/s1. The van der Waals surface area contributed by atoms with Gasteiger partial charge >= 0.3 is 6.09 Å². The van der Waals surface area contributed by atoms with Crippen molar-refractivity contribution in [3.63, 3.8) is 0 Å². The quantitative estimate of drug-likeness (QED) is 0.470. The Morgan fingerprint density at radius 1 is 1.10 bits per heavy atom. The summed E-state index contributed by atoms with van der Waals surface area (Å²) in [5.74, 6) is 0.607. The van der Waals surface area contributed by atoms with Gasteiger partial charge in [0.2, 0.25) is 11.8 Å². The van der Waals surface area contributed by atoms with E-state index in [1.165, 1.54) is 11.8 Å². The fourth-order valence-corrected chi connectivity index (χ4v) is 3.89. The van der Waals surface area contributed by atoms with E-state index in [1.807, 2.05) is 81.4 Å². The van der Waals surface area contributed by atoms with Crippen molar-refractivity contribution < 1.29 is 13.9 Å². The summed E-state index contributed by atoms with van der Waals surface area (Å²) in [5, 5.41) is 10.8. The molecule has 1 aromatic heterocycles. The maximum absolute atomic E-state index is 12.4. The number of amides is 1. The normalized spacial score (nSPS) is 14.1. The summed E-state index contributed by atoms with van der Waals surface area (Å²) in [6.07, 6.45) is -0.00848. The minimum Gasteiger partial charge on any atom is -0.445 e. The van der Waals surface area contributed by atoms with E-state index in [2.05, 4.69) is 15.5 Å². The van der Waals surface area contributed by atoms with Crippen LogP contribution >= 0.6 is 11.8 Å². The lowest BCUT2D eigenvalue weighted by atomic mass is 9.94. The van der Waals surface area contributed by atoms with E-state index in [0.29, 0.717) is 12.3 Å². The molecule has 2 aromatic carbocycles. The van der Waals surface area contributed by atoms with Gasteiger partial charge in [0.1, 0.15) is 6.61 Å². The van der Waals surface area contributed by atoms with Crippen LogP contribution in [0.2, 0.25) is 0 Å². The number of ether oxygens (including phenoxy) is 1. The van der Waals surface area contributed by atoms with Gasteiger partial charge in [-0.05, 0) is 24.5 Å². The third-order valence-corrected chi connectivity index (χ3v) is 5.57. The van der Waals surface area contributed by atoms with Crippen LogP contribution in [0.5, 0.6) is 0 Å². The van der Waals surface area contributed by atoms with Gasteiger partial charge in [-0.1, -0.05) is 74.5 Å². The van der Waals surface area contributed by atoms with Gasteiger partial charge < -0.3 is 20.2 Å². The van der Waals surface area contributed by atoms with E-state index >= 15 is 0 Å². The van der Waals surface area contributed by atoms with Crippen molar-refractivity contribution in [2.75, 3.05) is 0 Å². The Hall–Kier alpha value is -2.84. The Bertz CT molecular complexity index is 961. The lowest BCUT2D eigenvalue weighted by Crippen LogP contribution is -2.36. The summed E-state index contributed by atoms with van der Waals surface area (Å²) in [6.45, 7) is 6.07. The average Bonchev–Trinajstić information content (AvgIpc) is 3.24. The molecule has 0 saturated heterocycles. The number of hydrogen-bond donors (Lipinski definition) is 2. The third kappa shape index (κ3) is 6.83. The molecule has 0 aliphatic carbocycles. The molecule has 1 heterocycles. The molecule has 1 amide bonds. The van der Waals surface area contributed by atoms with E-state index in [9.17, 15) is 4.79 Å². The molecule has 1 unspecified atom stereocenters. The Morgan fingerprint density at radius 3 is 2.32 bits per heavy atom. The van der Waals surface area contributed by atoms with Gasteiger partial charge in [0.05, 0.1) is 5.54 Å². The smallest absolute Gasteiger partial charge is 0.408 e. The zero-order chi connectivity index (χ0) is 22.3. The minimum absolute atomic E-state index is 0.179. The highest BCUT2D eigenvalue weighted by Gasteiger charge is 2.31. The highest BCUT2D eigenvalue weighted by Crippen LogP contribution is 2.31. The van der Waals surface area contributed by atoms with Crippen molar-refractivity contribution in [3.8, 4) is 0 Å². The van der Waals surface area contributed by atoms with Gasteiger partial charge in [-0.3, -0.25) is 0 Å². The SMILES string of the molecule is CC(C)SC(NC(=O)OCc1ccccc1)c1nnc([C@](C)(N)Cc2ccccc2)o1. The molecule has 3 N–H and O–H groups in total. The molecule has 3 rings (SSSR count). The number of benzene rings is 2. The Labute approximate surface area is 186 Å². The summed E-state index contributed by atoms with van der Waals surface area (Å²) in [6, 6.07) is 19.4. The number of nitrogens with one attached hydrogen (secondary N) is 1. The maximum atomic E-state index is 12.4. The molecule has 31 heavy (non-hydrogen) atoms. The molecule has 0 spiro atoms. The first-order valence-corrected chi connectivity index (χ1v) is 11.1. The van der Waals surface area contributed by atoms with Crippen molar-refractivity contribution in [2.24, 2.45) is 5.73 Å². The van der Waals surface area contributed by atoms with E-state index in [0.717, 1.165) is 11.1 Å². The van der Waals surface area contributed by atoms with Crippen LogP contribution in [0, 0.1) is 0 Å². The number of aromatic nitrogens is 2. The topological polar surface area (TPSA) is 103 Å². The Kier molecular flexibility index (Phi) is 7.70. The van der Waals surface area contributed by atoms with Gasteiger partial charge in [-0.25, -0.2) is 4.79 Å². The highest BCUT2D eigenvalue weighted by atomic mass is 32.2. The molecule has 2 atom stereocenters. The monoisotopic (exact) mass is 440 g/mol. The first-order chi connectivity index (χ1) is 14.8. The number of thioether (sulfide) groups is 1. The third-order valence-electron chi connectivity index (χ3n) is 4.44. The molecular weight excluding hydrogens is 412 g/mol. The lowest BCUT2D eigenvalue weighted by molar-refractivity contribution is 0.137. The number of carbonyl (C=O) groups excluding carboxylic acids is 1. The fraction of sp³-hybridized carbons (Fsp3) is 0.348. The second-order valence-corrected chi connectivity index (χ2v) is 9.48. The van der Waals surface area contributed by atoms with E-state index in [-0.39, 0.29) is 17.7 Å². The molecule has 164 valence electrons. The molecule has 0 radical (unpaired) electrons. The van der Waals surface area contributed by atoms with Gasteiger partial charge in [-0.2, -0.15) is 0 Å². The van der Waals surface area contributed by atoms with Crippen LogP contribution < -0.4 is 11.1 Å². The van der Waals surface area contributed by atoms with Gasteiger partial charge in [0, 0.05) is 5.25 Å². The predicted octanol–water partition coefficient (Wildman–Crippen LogP) is 4.55. The number of rotatable bonds is 9. The fourth-order valence-electron chi connectivity index (χ4n) is 2.96. The summed E-state index contributed by atoms with van der Waals surface area (Å²) in [7, 11) is 0. The van der Waals surface area contributed by atoms with Gasteiger partial charge in [-0.15, -0.1) is 22.0 Å². The Balaban J connectivity index is 1.68. The predicted molar refractivity (Wildman–Crippen MR) is 121 cm³/mol. The largest absolute Gasteiger partial charge is 0.445 e. The van der Waals surface area contributed by atoms with Crippen LogP contribution in [0.1, 0.15) is 49.1 Å². The van der Waals surface area contributed by atoms with Crippen molar-refractivity contribution in [2.45, 2.75) is 50.0 Å². The van der Waals surface area contributed by atoms with E-state index in [4.69, 9.17) is 14.9 Å². The summed E-state index contributed by atoms with van der Waals surface area (Å²) in [5.41, 5.74) is 7.62. The highest BCUT2D eigenvalue weighted by molar-refractivity contribution is 8.00. The van der Waals surface area contributed by atoms with Gasteiger partial charge in [0.15, 0.2) is 5.37 Å². The van der Waals surface area contributed by atoms with E-state index in [1.54, 1.807) is 0 Å². The first-order valence-electron chi connectivity index (χ1n) is 10.1. The van der Waals surface area contributed by atoms with Crippen LogP contribution in [0.15, 0.2) is 65.1 Å². The van der Waals surface area contributed by atoms with Crippen molar-refractivity contribution in [3.05, 3.63) is 83.6 Å². The van der Waals surface area contributed by atoms with Crippen LogP contribution in [0.25, 0.3) is 0 Å². The van der Waals surface area contributed by atoms with Crippen LogP contribution in [-0.4, -0.2) is 21.5 Å². The number of nitrogens with two attached hydrogens (primary N) is 1. The maximum Gasteiger partial charge on any atom is 0.408 e. The zero-order valence-electron chi connectivity index (χ0n) is 17.9. The Morgan fingerprint density at radius 2 is 1.71 bits per heavy atom. The number of nitrogens with zero attached hydrogens (tertiary/aromatic N) is 2. The second-order valence-electron chi connectivity index (χ2n) is 7.80. The van der Waals surface area contributed by atoms with Gasteiger partial charge in [0.25, 0.3) is 0 Å². The minimum atomic E-state index is -0.840. The van der Waals surface area contributed by atoms with Crippen LogP contribution in [-0.2, 0) is 23.3 Å².